The van der Waals surface area contributed by atoms with Gasteiger partial charge in [-0.15, -0.1) is 0 Å². The molecule has 2 heterocycles. The monoisotopic (exact) mass is 280 g/mol. The first-order valence-corrected chi connectivity index (χ1v) is 7.09. The lowest BCUT2D eigenvalue weighted by Gasteiger charge is -2.07. The number of ether oxygens (including phenoxy) is 1. The van der Waals surface area contributed by atoms with Crippen molar-refractivity contribution in [1.82, 2.24) is 9.72 Å². The first-order chi connectivity index (χ1) is 10.3. The van der Waals surface area contributed by atoms with Gasteiger partial charge in [-0.2, -0.15) is 0 Å². The van der Waals surface area contributed by atoms with Crippen LogP contribution in [-0.2, 0) is 19.4 Å². The minimum Gasteiger partial charge on any atom is -0.497 e. The van der Waals surface area contributed by atoms with Gasteiger partial charge in [-0.3, -0.25) is 0 Å². The van der Waals surface area contributed by atoms with E-state index in [1.165, 1.54) is 22.3 Å². The van der Waals surface area contributed by atoms with Crippen LogP contribution in [0.15, 0.2) is 47.4 Å². The van der Waals surface area contributed by atoms with Crippen molar-refractivity contribution in [2.24, 2.45) is 0 Å². The van der Waals surface area contributed by atoms with Crippen molar-refractivity contribution < 1.29 is 9.26 Å². The Labute approximate surface area is 122 Å². The molecule has 0 radical (unpaired) electrons. The molecule has 4 heteroatoms. The molecule has 106 valence electrons. The number of nitrogens with zero attached hydrogens (tertiary/aromatic N) is 2. The van der Waals surface area contributed by atoms with Gasteiger partial charge < -0.3 is 13.8 Å². The van der Waals surface area contributed by atoms with Gasteiger partial charge in [-0.05, 0) is 36.1 Å². The lowest BCUT2D eigenvalue weighted by atomic mass is 9.95. The van der Waals surface area contributed by atoms with Gasteiger partial charge in [0, 0.05) is 30.1 Å². The highest BCUT2D eigenvalue weighted by Crippen LogP contribution is 2.34. The Morgan fingerprint density at radius 1 is 1.14 bits per heavy atom. The molecule has 2 aromatic heterocycles. The van der Waals surface area contributed by atoms with E-state index >= 15 is 0 Å². The summed E-state index contributed by atoms with van der Waals surface area (Å²) in [6, 6.07) is 8.18. The highest BCUT2D eigenvalue weighted by molar-refractivity contribution is 5.67. The van der Waals surface area contributed by atoms with Gasteiger partial charge in [-0.25, -0.2) is 0 Å². The van der Waals surface area contributed by atoms with Gasteiger partial charge in [0.15, 0.2) is 5.76 Å². The van der Waals surface area contributed by atoms with E-state index < -0.39 is 0 Å². The largest absolute Gasteiger partial charge is 0.497 e. The van der Waals surface area contributed by atoms with Crippen LogP contribution in [0.2, 0.25) is 0 Å². The molecule has 1 aliphatic rings. The highest BCUT2D eigenvalue weighted by Gasteiger charge is 2.21. The first kappa shape index (κ1) is 12.3. The summed E-state index contributed by atoms with van der Waals surface area (Å²) in [4.78, 5) is 0. The number of fused-ring (bicyclic) bond motifs is 3. The van der Waals surface area contributed by atoms with Crippen LogP contribution in [0.4, 0.5) is 0 Å². The van der Waals surface area contributed by atoms with Crippen LogP contribution in [0.25, 0.3) is 11.3 Å². The van der Waals surface area contributed by atoms with Crippen molar-refractivity contribution >= 4 is 0 Å². The van der Waals surface area contributed by atoms with Gasteiger partial charge >= 0.3 is 0 Å². The molecule has 0 atom stereocenters. The molecule has 4 rings (SSSR count). The van der Waals surface area contributed by atoms with Gasteiger partial charge in [0.2, 0.25) is 0 Å². The highest BCUT2D eigenvalue weighted by atomic mass is 16.5. The third-order valence-electron chi connectivity index (χ3n) is 4.04. The van der Waals surface area contributed by atoms with Crippen LogP contribution < -0.4 is 4.74 Å². The second-order valence-corrected chi connectivity index (χ2v) is 5.40. The fraction of sp³-hybridized carbons (Fsp3) is 0.235. The molecule has 3 aromatic rings. The summed E-state index contributed by atoms with van der Waals surface area (Å²) >= 11 is 0. The molecule has 4 nitrogen and oxygen atoms in total. The van der Waals surface area contributed by atoms with E-state index in [0.29, 0.717) is 0 Å². The number of aromatic nitrogens is 2. The quantitative estimate of drug-likeness (QED) is 0.739. The zero-order valence-electron chi connectivity index (χ0n) is 11.9. The standard InChI is InChI=1S/C17H16N2O2/c1-20-15-6-2-12(3-7-15)9-19-10-14-5-4-13-8-18-21-17(13)16(14)11-19/h2-3,6-8,10-11H,4-5,9H2,1H3. The Balaban J connectivity index is 1.63. The van der Waals surface area contributed by atoms with Crippen LogP contribution in [0.1, 0.15) is 16.7 Å². The maximum atomic E-state index is 5.40. The fourth-order valence-corrected chi connectivity index (χ4v) is 2.92. The summed E-state index contributed by atoms with van der Waals surface area (Å²) in [6.07, 6.45) is 8.27. The predicted octanol–water partition coefficient (Wildman–Crippen LogP) is 3.30. The molecule has 0 unspecified atom stereocenters. The topological polar surface area (TPSA) is 40.2 Å². The average molecular weight is 280 g/mol. The number of aryl methyl sites for hydroxylation is 2. The molecule has 0 aliphatic heterocycles. The number of hydrogen-bond donors (Lipinski definition) is 0. The molecular formula is C17H16N2O2. The predicted molar refractivity (Wildman–Crippen MR) is 79.4 cm³/mol. The molecule has 0 N–H and O–H groups in total. The van der Waals surface area contributed by atoms with Crippen LogP contribution in [0.3, 0.4) is 0 Å². The van der Waals surface area contributed by atoms with Crippen molar-refractivity contribution in [2.45, 2.75) is 19.4 Å². The smallest absolute Gasteiger partial charge is 0.171 e. The second-order valence-electron chi connectivity index (χ2n) is 5.40. The summed E-state index contributed by atoms with van der Waals surface area (Å²) in [5.74, 6) is 1.82. The lowest BCUT2D eigenvalue weighted by molar-refractivity contribution is 0.414. The third kappa shape index (κ3) is 2.13. The number of rotatable bonds is 3. The maximum absolute atomic E-state index is 5.40. The minimum absolute atomic E-state index is 0.848. The zero-order valence-corrected chi connectivity index (χ0v) is 11.9. The first-order valence-electron chi connectivity index (χ1n) is 7.09. The number of methoxy groups -OCH3 is 1. The molecule has 0 saturated carbocycles. The normalized spacial score (nSPS) is 12.8. The van der Waals surface area contributed by atoms with Crippen molar-refractivity contribution in [3.05, 3.63) is 59.5 Å². The molecule has 0 fully saturated rings. The van der Waals surface area contributed by atoms with Crippen LogP contribution >= 0.6 is 0 Å². The fourth-order valence-electron chi connectivity index (χ4n) is 2.92. The molecule has 21 heavy (non-hydrogen) atoms. The van der Waals surface area contributed by atoms with Crippen LogP contribution in [0, 0.1) is 0 Å². The molecule has 0 amide bonds. The van der Waals surface area contributed by atoms with Crippen LogP contribution in [0.5, 0.6) is 5.75 Å². The van der Waals surface area contributed by atoms with E-state index in [1.807, 2.05) is 18.3 Å². The van der Waals surface area contributed by atoms with E-state index in [1.54, 1.807) is 7.11 Å². The molecule has 0 saturated heterocycles. The molecule has 1 aliphatic carbocycles. The maximum Gasteiger partial charge on any atom is 0.171 e. The summed E-state index contributed by atoms with van der Waals surface area (Å²) in [6.45, 7) is 0.848. The average Bonchev–Trinajstić information content (AvgIpc) is 3.12. The van der Waals surface area contributed by atoms with E-state index in [9.17, 15) is 0 Å². The Morgan fingerprint density at radius 2 is 1.95 bits per heavy atom. The summed E-state index contributed by atoms with van der Waals surface area (Å²) < 4.78 is 12.8. The second kappa shape index (κ2) is 4.81. The molecular weight excluding hydrogens is 264 g/mol. The lowest BCUT2D eigenvalue weighted by Crippen LogP contribution is -1.98. The van der Waals surface area contributed by atoms with Crippen LogP contribution in [-0.4, -0.2) is 16.8 Å². The van der Waals surface area contributed by atoms with Gasteiger partial charge in [0.1, 0.15) is 5.75 Å². The molecule has 0 spiro atoms. The summed E-state index contributed by atoms with van der Waals surface area (Å²) in [5.41, 5.74) is 4.99. The van der Waals surface area contributed by atoms with E-state index in [0.717, 1.165) is 30.9 Å². The van der Waals surface area contributed by atoms with Crippen molar-refractivity contribution in [2.75, 3.05) is 7.11 Å². The Hall–Kier alpha value is -2.49. The van der Waals surface area contributed by atoms with Crippen molar-refractivity contribution in [3.63, 3.8) is 0 Å². The Kier molecular flexibility index (Phi) is 2.81. The van der Waals surface area contributed by atoms with Gasteiger partial charge in [0.05, 0.1) is 13.3 Å². The van der Waals surface area contributed by atoms with Crippen molar-refractivity contribution in [1.29, 1.82) is 0 Å². The number of hydrogen-bond acceptors (Lipinski definition) is 3. The van der Waals surface area contributed by atoms with Gasteiger partial charge in [0.25, 0.3) is 0 Å². The van der Waals surface area contributed by atoms with E-state index in [2.05, 4.69) is 34.3 Å². The van der Waals surface area contributed by atoms with E-state index in [-0.39, 0.29) is 0 Å². The Bertz CT molecular complexity index is 768. The van der Waals surface area contributed by atoms with E-state index in [4.69, 9.17) is 9.26 Å². The zero-order chi connectivity index (χ0) is 14.2. The third-order valence-corrected chi connectivity index (χ3v) is 4.04. The van der Waals surface area contributed by atoms with Gasteiger partial charge in [-0.1, -0.05) is 17.3 Å². The van der Waals surface area contributed by atoms with Crippen molar-refractivity contribution in [3.8, 4) is 17.1 Å². The summed E-state index contributed by atoms with van der Waals surface area (Å²) in [5, 5.41) is 3.92. The SMILES string of the molecule is COc1ccc(Cn2cc3c(c2)-c2oncc2CC3)cc1. The number of benzene rings is 1. The molecule has 1 aromatic carbocycles. The minimum atomic E-state index is 0.848. The Morgan fingerprint density at radius 3 is 2.76 bits per heavy atom. The molecule has 0 bridgehead atoms. The summed E-state index contributed by atoms with van der Waals surface area (Å²) in [7, 11) is 1.68.